The van der Waals surface area contributed by atoms with Crippen LogP contribution in [-0.2, 0) is 4.84 Å². The maximum absolute atomic E-state index is 5.07. The molecule has 0 atom stereocenters. The van der Waals surface area contributed by atoms with Crippen molar-refractivity contribution in [1.82, 2.24) is 10.8 Å². The average molecular weight is 164 g/mol. The summed E-state index contributed by atoms with van der Waals surface area (Å²) in [6, 6.07) is 0. The van der Waals surface area contributed by atoms with Gasteiger partial charge in [-0.25, -0.2) is 5.48 Å². The van der Waals surface area contributed by atoms with Crippen LogP contribution in [0.4, 0.5) is 0 Å². The summed E-state index contributed by atoms with van der Waals surface area (Å²) >= 11 is 1.78. The molecule has 0 rings (SSSR count). The number of hydroxylamine groups is 1. The molecule has 62 valence electrons. The lowest BCUT2D eigenvalue weighted by Crippen LogP contribution is -2.25. The van der Waals surface area contributed by atoms with Crippen molar-refractivity contribution in [2.75, 3.05) is 38.8 Å². The maximum atomic E-state index is 5.07. The molecule has 0 aromatic heterocycles. The van der Waals surface area contributed by atoms with Crippen molar-refractivity contribution in [2.45, 2.75) is 0 Å². The van der Waals surface area contributed by atoms with Crippen molar-refractivity contribution in [2.24, 2.45) is 0 Å². The minimum Gasteiger partial charge on any atom is -0.318 e. The molecule has 4 heteroatoms. The number of hydrogen-bond acceptors (Lipinski definition) is 4. The van der Waals surface area contributed by atoms with Gasteiger partial charge in [-0.1, -0.05) is 0 Å². The van der Waals surface area contributed by atoms with Crippen LogP contribution in [0.3, 0.4) is 0 Å². The molecule has 2 N–H and O–H groups in total. The van der Waals surface area contributed by atoms with Crippen LogP contribution < -0.4 is 10.8 Å². The SMILES string of the molecule is CNCCNOCCSC. The van der Waals surface area contributed by atoms with E-state index in [-0.39, 0.29) is 0 Å². The van der Waals surface area contributed by atoms with Gasteiger partial charge in [0, 0.05) is 18.8 Å². The molecule has 0 aromatic carbocycles. The Hall–Kier alpha value is 0.230. The van der Waals surface area contributed by atoms with Crippen LogP contribution in [-0.4, -0.2) is 38.8 Å². The molecule has 0 saturated heterocycles. The maximum Gasteiger partial charge on any atom is 0.0772 e. The molecule has 0 fully saturated rings. The van der Waals surface area contributed by atoms with Gasteiger partial charge in [0.05, 0.1) is 6.61 Å². The van der Waals surface area contributed by atoms with Gasteiger partial charge in [0.2, 0.25) is 0 Å². The summed E-state index contributed by atoms with van der Waals surface area (Å²) in [5.41, 5.74) is 2.85. The Morgan fingerprint density at radius 1 is 1.40 bits per heavy atom. The second-order valence-electron chi connectivity index (χ2n) is 1.84. The number of thioether (sulfide) groups is 1. The van der Waals surface area contributed by atoms with Crippen LogP contribution in [0.5, 0.6) is 0 Å². The Kier molecular flexibility index (Phi) is 9.44. The Bertz CT molecular complexity index is 55.7. The number of rotatable bonds is 7. The van der Waals surface area contributed by atoms with Gasteiger partial charge in [-0.05, 0) is 13.3 Å². The van der Waals surface area contributed by atoms with E-state index in [0.29, 0.717) is 0 Å². The van der Waals surface area contributed by atoms with Gasteiger partial charge in [0.15, 0.2) is 0 Å². The molecule has 10 heavy (non-hydrogen) atoms. The van der Waals surface area contributed by atoms with E-state index in [1.165, 1.54) is 0 Å². The molecule has 0 aliphatic rings. The summed E-state index contributed by atoms with van der Waals surface area (Å²) in [6.07, 6.45) is 2.07. The monoisotopic (exact) mass is 164 g/mol. The lowest BCUT2D eigenvalue weighted by atomic mass is 10.7. The van der Waals surface area contributed by atoms with Crippen molar-refractivity contribution >= 4 is 11.8 Å². The summed E-state index contributed by atoms with van der Waals surface area (Å²) < 4.78 is 0. The molecule has 0 radical (unpaired) electrons. The third kappa shape index (κ3) is 8.23. The highest BCUT2D eigenvalue weighted by molar-refractivity contribution is 7.98. The van der Waals surface area contributed by atoms with Crippen molar-refractivity contribution in [1.29, 1.82) is 0 Å². The smallest absolute Gasteiger partial charge is 0.0772 e. The van der Waals surface area contributed by atoms with E-state index in [1.54, 1.807) is 11.8 Å². The standard InChI is InChI=1S/C6H16N2OS/c1-7-3-4-8-9-5-6-10-2/h7-8H,3-6H2,1-2H3. The van der Waals surface area contributed by atoms with Gasteiger partial charge in [-0.15, -0.1) is 0 Å². The summed E-state index contributed by atoms with van der Waals surface area (Å²) in [5.74, 6) is 1.05. The first-order valence-corrected chi connectivity index (χ1v) is 4.79. The minimum atomic E-state index is 0.783. The second kappa shape index (κ2) is 9.23. The van der Waals surface area contributed by atoms with Crippen LogP contribution in [0.15, 0.2) is 0 Å². The van der Waals surface area contributed by atoms with E-state index in [1.807, 2.05) is 7.05 Å². The van der Waals surface area contributed by atoms with Gasteiger partial charge in [0.1, 0.15) is 0 Å². The molecule has 0 spiro atoms. The Morgan fingerprint density at radius 2 is 2.20 bits per heavy atom. The van der Waals surface area contributed by atoms with E-state index < -0.39 is 0 Å². The van der Waals surface area contributed by atoms with Crippen molar-refractivity contribution in [3.8, 4) is 0 Å². The van der Waals surface area contributed by atoms with Gasteiger partial charge in [0.25, 0.3) is 0 Å². The predicted molar refractivity (Wildman–Crippen MR) is 46.3 cm³/mol. The summed E-state index contributed by atoms with van der Waals surface area (Å²) in [5, 5.41) is 3.01. The highest BCUT2D eigenvalue weighted by Crippen LogP contribution is 1.88. The summed E-state index contributed by atoms with van der Waals surface area (Å²) in [6.45, 7) is 2.59. The molecule has 0 aromatic rings. The third-order valence-corrected chi connectivity index (χ3v) is 1.54. The first-order valence-electron chi connectivity index (χ1n) is 3.40. The lowest BCUT2D eigenvalue weighted by molar-refractivity contribution is 0.0541. The van der Waals surface area contributed by atoms with Crippen LogP contribution in [0.25, 0.3) is 0 Å². The van der Waals surface area contributed by atoms with Gasteiger partial charge in [-0.2, -0.15) is 11.8 Å². The molecule has 0 saturated carbocycles. The molecular formula is C6H16N2OS. The molecule has 0 aliphatic heterocycles. The molecular weight excluding hydrogens is 148 g/mol. The van der Waals surface area contributed by atoms with Crippen LogP contribution in [0.1, 0.15) is 0 Å². The van der Waals surface area contributed by atoms with Crippen LogP contribution in [0, 0.1) is 0 Å². The zero-order valence-electron chi connectivity index (χ0n) is 6.64. The van der Waals surface area contributed by atoms with E-state index in [9.17, 15) is 0 Å². The Labute approximate surface area is 66.9 Å². The van der Waals surface area contributed by atoms with Crippen molar-refractivity contribution in [3.63, 3.8) is 0 Å². The second-order valence-corrected chi connectivity index (χ2v) is 2.82. The highest BCUT2D eigenvalue weighted by Gasteiger charge is 1.84. The topological polar surface area (TPSA) is 33.3 Å². The van der Waals surface area contributed by atoms with E-state index in [4.69, 9.17) is 4.84 Å². The lowest BCUT2D eigenvalue weighted by Gasteiger charge is -2.03. The average Bonchev–Trinajstić information content (AvgIpc) is 1.97. The number of nitrogens with one attached hydrogen (secondary N) is 2. The van der Waals surface area contributed by atoms with Gasteiger partial charge >= 0.3 is 0 Å². The zero-order chi connectivity index (χ0) is 7.66. The summed E-state index contributed by atoms with van der Waals surface area (Å²) in [4.78, 5) is 5.07. The molecule has 0 bridgehead atoms. The molecule has 0 unspecified atom stereocenters. The van der Waals surface area contributed by atoms with Crippen molar-refractivity contribution < 1.29 is 4.84 Å². The van der Waals surface area contributed by atoms with E-state index in [0.717, 1.165) is 25.4 Å². The summed E-state index contributed by atoms with van der Waals surface area (Å²) in [7, 11) is 1.92. The number of likely N-dealkylation sites (N-methyl/N-ethyl adjacent to an activating group) is 1. The largest absolute Gasteiger partial charge is 0.318 e. The van der Waals surface area contributed by atoms with Crippen LogP contribution >= 0.6 is 11.8 Å². The fourth-order valence-corrected chi connectivity index (χ4v) is 0.695. The van der Waals surface area contributed by atoms with Crippen LogP contribution in [0.2, 0.25) is 0 Å². The van der Waals surface area contributed by atoms with Crippen molar-refractivity contribution in [3.05, 3.63) is 0 Å². The molecule has 0 heterocycles. The quantitative estimate of drug-likeness (QED) is 0.413. The van der Waals surface area contributed by atoms with Gasteiger partial charge in [-0.3, -0.25) is 0 Å². The Morgan fingerprint density at radius 3 is 2.80 bits per heavy atom. The van der Waals surface area contributed by atoms with E-state index >= 15 is 0 Å². The molecule has 3 nitrogen and oxygen atoms in total. The predicted octanol–water partition coefficient (Wildman–Crippen LogP) is 0.0900. The highest BCUT2D eigenvalue weighted by atomic mass is 32.2. The fraction of sp³-hybridized carbons (Fsp3) is 1.00. The third-order valence-electron chi connectivity index (χ3n) is 0.969. The minimum absolute atomic E-state index is 0.783. The van der Waals surface area contributed by atoms with E-state index in [2.05, 4.69) is 17.1 Å². The molecule has 0 amide bonds. The Balaban J connectivity index is 2.65. The first kappa shape index (κ1) is 10.2. The van der Waals surface area contributed by atoms with Gasteiger partial charge < -0.3 is 10.2 Å². The number of hydrogen-bond donors (Lipinski definition) is 2. The first-order chi connectivity index (χ1) is 4.91. The molecule has 0 aliphatic carbocycles. The fourth-order valence-electron chi connectivity index (χ4n) is 0.445. The normalized spacial score (nSPS) is 10.2. The zero-order valence-corrected chi connectivity index (χ0v) is 7.46.